The standard InChI is InChI=1S/C78H110N19O40P7S5/c1-8-9-10-11-12-13-14-15-43-44(16-57(124-43)91-23-37(2)65(79)85-73(91)102)133-140(113,145)120-31-53-47(19-60(127-53)94-26-40(5)70(99)88-76(94)105)134-142(115,147)121-32-54-48(20-61(128-54)95-27-41(6)71(100)89-77(95)106)135-143(116,148)122-33-55-49(21-62(129-55)96-28-42(7)72(101)90-78(96)107)136-144(117,149)123-34-56-50(22-63(130-56)97-36-84-64-67(81)82-35-83-68(64)97)137-141(114,146)119-30-52-46(18-59(126-52)93-25-39(4)69(98)87-75(93)104)132-139(111,112)118-29-51-45(131-138(108,109)110)17-58(125-51)92-24-38(3)66(80)86-74(92)103/h23-28,35-36,43-63H,8-22,29-34H2,1-7H3,(H,111,112)(H,113,145)(H,114,146)(H,115,147)(H,116,148)(H,117,149)(H2,79,85,102)(H2,80,86,103)(H2,81,82,83)(H,87,98,104)(H,88,99,105)(H,89,100,106)(H,90,101,107)(H2,108,109,110)/t43-,44?,45-,46?,47?,48?,49?,50?,51-,52-,53-,54-,55-,56-,57-,58-,59-,60-,61-,62-,63-,140?,141?,142?,143?,144?/m1/s1. The number of nitrogens with zero attached hydrogens (tertiary/aromatic N) is 12. The number of phosphoric acid groups is 2. The fraction of sp³-hybridized carbons (Fsp3) is 0.628. The molecule has 27 atom stereocenters. The number of anilines is 3. The summed E-state index contributed by atoms with van der Waals surface area (Å²) in [6, 6.07) is 0. The molecule has 0 amide bonds. The van der Waals surface area contributed by atoms with Crippen LogP contribution in [0.2, 0.25) is 0 Å². The van der Waals surface area contributed by atoms with Gasteiger partial charge in [-0.1, -0.05) is 113 Å². The highest BCUT2D eigenvalue weighted by Crippen LogP contribution is 2.64. The largest absolute Gasteiger partial charge is 0.472 e. The Balaban J connectivity index is 0.634. The molecule has 0 saturated carbocycles. The molecule has 8 aromatic heterocycles. The van der Waals surface area contributed by atoms with Gasteiger partial charge in [0.15, 0.2) is 11.5 Å². The van der Waals surface area contributed by atoms with Crippen molar-refractivity contribution in [3.05, 3.63) is 188 Å². The zero-order valence-corrected chi connectivity index (χ0v) is 90.7. The number of nitrogens with one attached hydrogen (secondary N) is 4. The van der Waals surface area contributed by atoms with Crippen molar-refractivity contribution < 1.29 is 139 Å². The second-order valence-electron chi connectivity index (χ2n) is 36.0. The molecule has 15 heterocycles. The topological polar surface area (TPSA) is 776 Å². The molecule has 0 aliphatic carbocycles. The van der Waals surface area contributed by atoms with E-state index >= 15 is 9.13 Å². The van der Waals surface area contributed by atoms with E-state index in [0.717, 1.165) is 86.3 Å². The number of aromatic amines is 4. The summed E-state index contributed by atoms with van der Waals surface area (Å²) < 4.78 is 228. The van der Waals surface area contributed by atoms with Gasteiger partial charge < -0.3 is 65.0 Å². The summed E-state index contributed by atoms with van der Waals surface area (Å²) in [5.41, 5.74) is 10.2. The Labute approximate surface area is 867 Å². The number of H-pyrrole nitrogens is 4. The third-order valence-electron chi connectivity index (χ3n) is 25.1. The number of aromatic nitrogens is 16. The van der Waals surface area contributed by atoms with Gasteiger partial charge in [0, 0.05) is 116 Å². The van der Waals surface area contributed by atoms with Crippen LogP contribution in [-0.4, -0.2) is 217 Å². The number of fused-ring (bicyclic) bond motifs is 1. The maximum Gasteiger partial charge on any atom is 0.472 e. The van der Waals surface area contributed by atoms with E-state index in [4.69, 9.17) is 109 Å². The molecule has 71 heteroatoms. The normalized spacial score (nSPS) is 28.7. The lowest BCUT2D eigenvalue weighted by Gasteiger charge is -2.27. The third kappa shape index (κ3) is 29.4. The lowest BCUT2D eigenvalue weighted by molar-refractivity contribution is -0.0575. The number of hydrogen-bond donors (Lipinski definition) is 15. The van der Waals surface area contributed by atoms with Crippen LogP contribution >= 0.6 is 111 Å². The molecule has 0 bridgehead atoms. The Morgan fingerprint density at radius 1 is 0.342 bits per heavy atom. The molecule has 7 saturated heterocycles. The minimum atomic E-state index is -5.49. The molecule has 0 radical (unpaired) electrons. The molecule has 7 fully saturated rings. The molecular formula is C78H110N19O40P7S5. The monoisotopic (exact) mass is 2330 g/mol. The van der Waals surface area contributed by atoms with E-state index in [0.29, 0.717) is 24.0 Å². The van der Waals surface area contributed by atoms with Gasteiger partial charge in [-0.05, 0) is 48.0 Å². The molecule has 822 valence electrons. The number of hydrogen-bond acceptors (Lipinski definition) is 45. The average Bonchev–Trinajstić information content (AvgIpc) is 1.62. The molecule has 7 aliphatic rings. The first-order valence-electron chi connectivity index (χ1n) is 46.2. The minimum absolute atomic E-state index is 0.00346. The first kappa shape index (κ1) is 116. The number of nitrogen functional groups attached to an aromatic ring is 3. The molecule has 15 rings (SSSR count). The Hall–Kier alpha value is -7.13. The second-order valence-corrected chi connectivity index (χ2v) is 53.0. The van der Waals surface area contributed by atoms with Crippen molar-refractivity contribution in [1.82, 2.24) is 76.8 Å². The SMILES string of the molecule is CCCCCCCCC[C@H]1O[C@@H](n2cc(C)c(N)nc2=O)CC1OP(=O)(S)OC[C@H]1O[C@@H](n2cc(C)c(=O)[nH]c2=O)CC1OP(=O)(S)OC[C@H]1O[C@@H](n2cc(C)c(=O)[nH]c2=O)CC1OP(=O)(S)OC[C@H]1O[C@@H](n2cc(C)c(=O)[nH]c2=O)CC1OP(=O)(S)OC[C@H]1O[C@@H](n2cnc3c(N)ncnc32)CC1OP(=O)(S)OC[C@H]1O[C@@H](n2cc(C)c(=O)[nH]c2=O)CC1OP(=O)(O)OC[C@H]1O[C@@H](n2cc(C)c(N)nc2=O)C[C@H]1OP(=O)(O)O. The maximum absolute atomic E-state index is 15.0. The molecule has 149 heavy (non-hydrogen) atoms. The predicted molar refractivity (Wildman–Crippen MR) is 536 cm³/mol. The molecule has 59 nitrogen and oxygen atoms in total. The van der Waals surface area contributed by atoms with E-state index in [1.807, 2.05) is 0 Å². The highest BCUT2D eigenvalue weighted by molar-refractivity contribution is 8.45. The van der Waals surface area contributed by atoms with Crippen molar-refractivity contribution in [3.63, 3.8) is 0 Å². The van der Waals surface area contributed by atoms with Crippen molar-refractivity contribution in [2.75, 3.05) is 56.8 Å². The summed E-state index contributed by atoms with van der Waals surface area (Å²) >= 11 is 21.6. The van der Waals surface area contributed by atoms with Crippen molar-refractivity contribution >= 4 is 139 Å². The molecule has 0 spiro atoms. The van der Waals surface area contributed by atoms with Crippen LogP contribution in [-0.2, 0) is 124 Å². The fourth-order valence-corrected chi connectivity index (χ4v) is 26.7. The second kappa shape index (κ2) is 47.9. The van der Waals surface area contributed by atoms with Crippen molar-refractivity contribution in [2.24, 2.45) is 0 Å². The van der Waals surface area contributed by atoms with E-state index in [2.05, 4.69) is 113 Å². The Kier molecular flexibility index (Phi) is 37.3. The Bertz CT molecular complexity index is 7290. The Morgan fingerprint density at radius 3 is 0.933 bits per heavy atom. The van der Waals surface area contributed by atoms with Gasteiger partial charge in [-0.25, -0.2) is 75.7 Å². The van der Waals surface area contributed by atoms with Gasteiger partial charge in [0.25, 0.3) is 22.2 Å². The quantitative estimate of drug-likeness (QED) is 0.0110. The first-order chi connectivity index (χ1) is 70.0. The van der Waals surface area contributed by atoms with Crippen molar-refractivity contribution in [1.29, 1.82) is 0 Å². The molecular weight excluding hydrogens is 2220 g/mol. The number of thiol groups is 5. The summed E-state index contributed by atoms with van der Waals surface area (Å²) in [6.07, 6.45) is -16.1. The molecule has 13 N–H and O–H groups in total. The van der Waals surface area contributed by atoms with Crippen LogP contribution in [0, 0.1) is 41.5 Å². The van der Waals surface area contributed by atoms with E-state index in [1.165, 1.54) is 68.7 Å². The average molecular weight is 2330 g/mol. The highest BCUT2D eigenvalue weighted by atomic mass is 32.7. The maximum atomic E-state index is 15.0. The van der Waals surface area contributed by atoms with Crippen LogP contribution in [0.3, 0.4) is 0 Å². The molecule has 0 aromatic carbocycles. The minimum Gasteiger partial charge on any atom is -0.383 e. The molecule has 12 unspecified atom stereocenters. The van der Waals surface area contributed by atoms with Crippen LogP contribution in [0.4, 0.5) is 17.5 Å². The lowest BCUT2D eigenvalue weighted by atomic mass is 10.0. The highest BCUT2D eigenvalue weighted by Gasteiger charge is 2.53. The van der Waals surface area contributed by atoms with E-state index in [9.17, 15) is 85.5 Å². The molecule has 8 aromatic rings. The zero-order valence-electron chi connectivity index (χ0n) is 80.0. The van der Waals surface area contributed by atoms with Crippen LogP contribution in [0.25, 0.3) is 11.2 Å². The Morgan fingerprint density at radius 2 is 0.611 bits per heavy atom. The van der Waals surface area contributed by atoms with Gasteiger partial charge >= 0.3 is 83.8 Å². The molecule has 7 aliphatic heterocycles. The summed E-state index contributed by atoms with van der Waals surface area (Å²) in [5.74, 6) is -0.187. The number of rotatable bonds is 47. The van der Waals surface area contributed by atoms with Crippen LogP contribution in [0.15, 0.2) is 97.8 Å². The van der Waals surface area contributed by atoms with Crippen LogP contribution < -0.4 is 73.6 Å². The number of aryl methyl sites for hydroxylation is 6. The van der Waals surface area contributed by atoms with Crippen LogP contribution in [0.5, 0.6) is 0 Å². The number of phosphoric ester groups is 2. The van der Waals surface area contributed by atoms with Crippen LogP contribution in [0.1, 0.15) is 180 Å². The predicted octanol–water partition coefficient (Wildman–Crippen LogP) is 6.47. The van der Waals surface area contributed by atoms with Gasteiger partial charge in [0.2, 0.25) is 0 Å². The third-order valence-corrected chi connectivity index (χ3v) is 34.9. The van der Waals surface area contributed by atoms with Gasteiger partial charge in [-0.2, -0.15) is 9.97 Å². The fourth-order valence-electron chi connectivity index (χ4n) is 17.6. The number of unbranched alkanes of at least 4 members (excludes halogenated alkanes) is 6. The van der Waals surface area contributed by atoms with Gasteiger partial charge in [0.1, 0.15) is 140 Å². The first-order valence-corrected chi connectivity index (χ1v) is 62.7. The zero-order chi connectivity index (χ0) is 108. The van der Waals surface area contributed by atoms with E-state index in [1.54, 1.807) is 6.92 Å². The van der Waals surface area contributed by atoms with Crippen molar-refractivity contribution in [3.8, 4) is 0 Å². The van der Waals surface area contributed by atoms with E-state index < -0.39 is 300 Å². The number of nitrogens with two attached hydrogens (primary N) is 3. The van der Waals surface area contributed by atoms with Gasteiger partial charge in [-0.3, -0.25) is 130 Å². The lowest BCUT2D eigenvalue weighted by Crippen LogP contribution is -2.33. The van der Waals surface area contributed by atoms with Gasteiger partial charge in [-0.15, -0.1) is 0 Å². The smallest absolute Gasteiger partial charge is 0.383 e. The summed E-state index contributed by atoms with van der Waals surface area (Å²) in [6.45, 7) is -18.9. The van der Waals surface area contributed by atoms with Gasteiger partial charge in [0.05, 0.1) is 58.2 Å². The summed E-state index contributed by atoms with van der Waals surface area (Å²) in [7, 11) is -10.8. The number of imidazole rings is 1. The van der Waals surface area contributed by atoms with E-state index in [-0.39, 0.29) is 70.1 Å². The number of ether oxygens (including phenoxy) is 7. The summed E-state index contributed by atoms with van der Waals surface area (Å²) in [4.78, 5) is 191. The summed E-state index contributed by atoms with van der Waals surface area (Å²) in [5, 5.41) is 0. The van der Waals surface area contributed by atoms with Crippen molar-refractivity contribution in [2.45, 2.75) is 274 Å².